The molecule has 1 aromatic heterocycles. The van der Waals surface area contributed by atoms with Gasteiger partial charge in [-0.1, -0.05) is 47.0 Å². The second kappa shape index (κ2) is 13.9. The van der Waals surface area contributed by atoms with Crippen LogP contribution in [-0.2, 0) is 23.4 Å². The molecule has 0 amide bonds. The summed E-state index contributed by atoms with van der Waals surface area (Å²) in [4.78, 5) is 10.4. The Labute approximate surface area is 218 Å². The molecule has 0 unspecified atom stereocenters. The van der Waals surface area contributed by atoms with Crippen LogP contribution in [-0.4, -0.2) is 35.5 Å². The zero-order valence-corrected chi connectivity index (χ0v) is 21.4. The van der Waals surface area contributed by atoms with Crippen molar-refractivity contribution in [2.75, 3.05) is 13.1 Å². The molecular formula is C22H23Cl2N5O6S. The van der Waals surface area contributed by atoms with Crippen LogP contribution in [0.5, 0.6) is 0 Å². The Morgan fingerprint density at radius 3 is 2.25 bits per heavy atom. The van der Waals surface area contributed by atoms with Crippen molar-refractivity contribution in [1.82, 2.24) is 5.32 Å². The summed E-state index contributed by atoms with van der Waals surface area (Å²) in [6.07, 6.45) is 4.85. The predicted molar refractivity (Wildman–Crippen MR) is 134 cm³/mol. The van der Waals surface area contributed by atoms with Crippen LogP contribution in [0.1, 0.15) is 11.1 Å². The van der Waals surface area contributed by atoms with Gasteiger partial charge in [-0.15, -0.1) is 5.11 Å². The number of nitro groups is 1. The summed E-state index contributed by atoms with van der Waals surface area (Å²) in [5, 5.41) is 23.0. The molecule has 3 aromatic rings. The van der Waals surface area contributed by atoms with E-state index in [0.717, 1.165) is 37.2 Å². The van der Waals surface area contributed by atoms with Crippen molar-refractivity contribution in [3.63, 3.8) is 0 Å². The normalized spacial score (nSPS) is 11.2. The van der Waals surface area contributed by atoms with Gasteiger partial charge in [-0.3, -0.25) is 14.7 Å². The van der Waals surface area contributed by atoms with E-state index in [-0.39, 0.29) is 21.4 Å². The maximum Gasteiger partial charge on any atom is 0.272 e. The molecule has 11 nitrogen and oxygen atoms in total. The fraction of sp³-hybridized carbons (Fsp3) is 0.227. The quantitative estimate of drug-likeness (QED) is 0.0731. The number of aromatic nitrogens is 1. The molecule has 0 saturated heterocycles. The molecule has 0 aliphatic carbocycles. The molecule has 14 heteroatoms. The summed E-state index contributed by atoms with van der Waals surface area (Å²) in [6, 6.07) is 14.4. The highest BCUT2D eigenvalue weighted by Gasteiger charge is 2.14. The summed E-state index contributed by atoms with van der Waals surface area (Å²) in [5.74, 6) is 0. The number of hydrogen-bond donors (Lipinski definition) is 2. The highest BCUT2D eigenvalue weighted by molar-refractivity contribution is 7.79. The fourth-order valence-corrected chi connectivity index (χ4v) is 3.56. The minimum atomic E-state index is -4.92. The zero-order chi connectivity index (χ0) is 26.7. The first-order valence-corrected chi connectivity index (χ1v) is 12.5. The third-order valence-electron chi connectivity index (χ3n) is 4.60. The predicted octanol–water partition coefficient (Wildman–Crippen LogP) is 4.75. The van der Waals surface area contributed by atoms with E-state index in [9.17, 15) is 10.1 Å². The first-order valence-electron chi connectivity index (χ1n) is 10.4. The van der Waals surface area contributed by atoms with Crippen LogP contribution in [0.2, 0.25) is 10.0 Å². The van der Waals surface area contributed by atoms with Gasteiger partial charge in [0.15, 0.2) is 18.9 Å². The van der Waals surface area contributed by atoms with Gasteiger partial charge in [0.1, 0.15) is 5.69 Å². The van der Waals surface area contributed by atoms with Gasteiger partial charge in [0, 0.05) is 24.3 Å². The minimum Gasteiger partial charge on any atom is -0.726 e. The number of benzene rings is 2. The smallest absolute Gasteiger partial charge is 0.272 e. The van der Waals surface area contributed by atoms with Crippen molar-refractivity contribution in [1.29, 1.82) is 0 Å². The molecule has 0 aliphatic heterocycles. The lowest BCUT2D eigenvalue weighted by molar-refractivity contribution is -0.695. The van der Waals surface area contributed by atoms with Gasteiger partial charge >= 0.3 is 0 Å². The second-order valence-electron chi connectivity index (χ2n) is 7.39. The van der Waals surface area contributed by atoms with Crippen molar-refractivity contribution in [2.45, 2.75) is 19.9 Å². The number of hydrogen-bond acceptors (Lipinski definition) is 8. The molecule has 0 spiro atoms. The molecule has 0 saturated carbocycles. The van der Waals surface area contributed by atoms with Crippen LogP contribution in [0.25, 0.3) is 0 Å². The average molecular weight is 556 g/mol. The molecule has 0 fully saturated rings. The number of non-ortho nitro benzene ring substituents is 1. The van der Waals surface area contributed by atoms with Crippen molar-refractivity contribution < 1.29 is 27.0 Å². The molecule has 192 valence electrons. The van der Waals surface area contributed by atoms with Gasteiger partial charge in [0.25, 0.3) is 5.69 Å². The number of aryl methyl sites for hydroxylation is 1. The Balaban J connectivity index is 0.000000830. The average Bonchev–Trinajstić information content (AvgIpc) is 2.79. The zero-order valence-electron chi connectivity index (χ0n) is 19.0. The van der Waals surface area contributed by atoms with E-state index in [4.69, 9.17) is 40.7 Å². The molecule has 2 N–H and O–H groups in total. The first-order chi connectivity index (χ1) is 16.9. The van der Waals surface area contributed by atoms with Gasteiger partial charge in [-0.25, -0.2) is 13.0 Å². The van der Waals surface area contributed by atoms with Crippen molar-refractivity contribution in [2.24, 2.45) is 10.2 Å². The molecule has 0 radical (unpaired) electrons. The Hall–Kier alpha value is -3.00. The van der Waals surface area contributed by atoms with Gasteiger partial charge in [-0.2, -0.15) is 5.11 Å². The highest BCUT2D eigenvalue weighted by atomic mass is 35.5. The Bertz CT molecular complexity index is 1290. The minimum absolute atomic E-state index is 0.0803. The third kappa shape index (κ3) is 10.7. The lowest BCUT2D eigenvalue weighted by atomic mass is 10.1. The van der Waals surface area contributed by atoms with Crippen LogP contribution in [0.3, 0.4) is 0 Å². The molecule has 3 rings (SSSR count). The van der Waals surface area contributed by atoms with Crippen LogP contribution in [0, 0.1) is 17.0 Å². The van der Waals surface area contributed by atoms with Crippen LogP contribution in [0.15, 0.2) is 71.2 Å². The SMILES string of the molecule is Cc1ccc(N=Nc2c(Cl)cc([N+](=O)[O-])cc2Cl)c(CCNCC[n+]2ccccc2)c1.O=S(=O)([O-])O. The Morgan fingerprint density at radius 2 is 1.67 bits per heavy atom. The summed E-state index contributed by atoms with van der Waals surface area (Å²) >= 11 is 12.2. The van der Waals surface area contributed by atoms with Crippen molar-refractivity contribution in [3.8, 4) is 0 Å². The van der Waals surface area contributed by atoms with Crippen LogP contribution < -0.4 is 9.88 Å². The topological polar surface area (TPSA) is 161 Å². The van der Waals surface area contributed by atoms with Gasteiger partial charge in [0.2, 0.25) is 10.4 Å². The number of halogens is 2. The number of nitro benzene ring substituents is 1. The lowest BCUT2D eigenvalue weighted by Gasteiger charge is -2.08. The molecule has 0 atom stereocenters. The molecule has 0 bridgehead atoms. The van der Waals surface area contributed by atoms with Gasteiger partial charge in [-0.05, 0) is 31.5 Å². The summed E-state index contributed by atoms with van der Waals surface area (Å²) < 4.78 is 35.0. The summed E-state index contributed by atoms with van der Waals surface area (Å²) in [5.41, 5.74) is 2.89. The maximum atomic E-state index is 10.9. The number of nitrogens with one attached hydrogen (secondary N) is 1. The largest absolute Gasteiger partial charge is 0.726 e. The maximum absolute atomic E-state index is 10.9. The lowest BCUT2D eigenvalue weighted by Crippen LogP contribution is -2.38. The summed E-state index contributed by atoms with van der Waals surface area (Å²) in [7, 11) is -4.92. The molecule has 1 heterocycles. The molecule has 2 aromatic carbocycles. The summed E-state index contributed by atoms with van der Waals surface area (Å²) in [6.45, 7) is 4.55. The monoisotopic (exact) mass is 555 g/mol. The van der Waals surface area contributed by atoms with Crippen LogP contribution in [0.4, 0.5) is 17.1 Å². The van der Waals surface area contributed by atoms with E-state index in [1.165, 1.54) is 12.1 Å². The van der Waals surface area contributed by atoms with Crippen molar-refractivity contribution in [3.05, 3.63) is 92.2 Å². The van der Waals surface area contributed by atoms with Crippen LogP contribution >= 0.6 is 23.2 Å². The van der Waals surface area contributed by atoms with E-state index in [0.29, 0.717) is 5.69 Å². The number of rotatable bonds is 9. The number of pyridine rings is 1. The van der Waals surface area contributed by atoms with E-state index in [1.807, 2.05) is 49.6 Å². The third-order valence-corrected chi connectivity index (χ3v) is 5.18. The standard InChI is InChI=1S/C22H22Cl2N5O2.H2O4S/c1-16-5-6-21(26-27-22-19(23)14-18(29(30)31)15-20(22)24)17(13-16)7-8-25-9-12-28-10-3-2-4-11-28;1-5(2,3)4/h2-6,10-11,13-15,25H,7-9,12H2,1H3;(H2,1,2,3,4)/q+1;/p-1. The van der Waals surface area contributed by atoms with E-state index in [1.54, 1.807) is 0 Å². The van der Waals surface area contributed by atoms with E-state index < -0.39 is 15.3 Å². The molecule has 36 heavy (non-hydrogen) atoms. The van der Waals surface area contributed by atoms with Gasteiger partial charge in [0.05, 0.1) is 27.2 Å². The van der Waals surface area contributed by atoms with Crippen molar-refractivity contribution >= 4 is 50.7 Å². The number of nitrogens with zero attached hydrogens (tertiary/aromatic N) is 4. The molecule has 0 aliphatic rings. The second-order valence-corrected chi connectivity index (χ2v) is 9.06. The Morgan fingerprint density at radius 1 is 1.06 bits per heavy atom. The van der Waals surface area contributed by atoms with Gasteiger partial charge < -0.3 is 9.87 Å². The fourth-order valence-electron chi connectivity index (χ4n) is 3.01. The number of azo groups is 1. The Kier molecular flexibility index (Phi) is 11.3. The van der Waals surface area contributed by atoms with E-state index in [2.05, 4.69) is 26.2 Å². The first kappa shape index (κ1) is 29.2. The molecular weight excluding hydrogens is 533 g/mol. The van der Waals surface area contributed by atoms with E-state index >= 15 is 0 Å². The highest BCUT2D eigenvalue weighted by Crippen LogP contribution is 2.38.